The van der Waals surface area contributed by atoms with Gasteiger partial charge in [0, 0.05) is 32.2 Å². The molecule has 7 heteroatoms. The van der Waals surface area contributed by atoms with Crippen LogP contribution in [0.2, 0.25) is 0 Å². The van der Waals surface area contributed by atoms with Crippen molar-refractivity contribution < 1.29 is 28.5 Å². The van der Waals surface area contributed by atoms with Gasteiger partial charge < -0.3 is 18.9 Å². The standard InChI is InChI=1S/C55H91NO6/c1-38-10-24-46(25-11-38)56(47-26-12-39(2)13-27-47)48-28-14-41(15-29-48)8-7-9-53(42-16-30-49(59-6)31-17-42)43-18-32-51(33-19-43)61-54(58)62-52-36-22-45(23-37-52)55(4,5)44-20-34-50(35-21-44)60-40(3)57/h7-9,38-39,41-52H,10-37H2,1-6H3. The smallest absolute Gasteiger partial charge is 0.463 e. The molecule has 0 atom stereocenters. The average molecular weight is 862 g/mol. The third kappa shape index (κ3) is 13.2. The van der Waals surface area contributed by atoms with Crippen LogP contribution < -0.4 is 0 Å². The van der Waals surface area contributed by atoms with E-state index in [9.17, 15) is 9.59 Å². The Morgan fingerprint density at radius 1 is 0.500 bits per heavy atom. The molecule has 62 heavy (non-hydrogen) atoms. The minimum Gasteiger partial charge on any atom is -0.463 e. The maximum absolute atomic E-state index is 13.2. The third-order valence-electron chi connectivity index (χ3n) is 18.6. The van der Waals surface area contributed by atoms with Crippen LogP contribution in [-0.4, -0.2) is 66.7 Å². The molecule has 0 saturated heterocycles. The summed E-state index contributed by atoms with van der Waals surface area (Å²) in [6.07, 6.45) is 41.4. The van der Waals surface area contributed by atoms with Gasteiger partial charge in [-0.25, -0.2) is 4.79 Å². The molecule has 7 nitrogen and oxygen atoms in total. The summed E-state index contributed by atoms with van der Waals surface area (Å²) in [6, 6.07) is 2.44. The summed E-state index contributed by atoms with van der Waals surface area (Å²) in [6.45, 7) is 11.3. The summed E-state index contributed by atoms with van der Waals surface area (Å²) in [5, 5.41) is 0. The molecular weight excluding hydrogens is 771 g/mol. The van der Waals surface area contributed by atoms with Crippen molar-refractivity contribution in [3.63, 3.8) is 0 Å². The van der Waals surface area contributed by atoms with Crippen LogP contribution in [0.1, 0.15) is 214 Å². The van der Waals surface area contributed by atoms with Crippen LogP contribution in [0.4, 0.5) is 4.79 Å². The Bertz CT molecular complexity index is 1390. The van der Waals surface area contributed by atoms with Gasteiger partial charge in [0.25, 0.3) is 0 Å². The van der Waals surface area contributed by atoms with E-state index in [1.165, 1.54) is 96.8 Å². The molecule has 7 aliphatic carbocycles. The Morgan fingerprint density at radius 2 is 0.887 bits per heavy atom. The lowest BCUT2D eigenvalue weighted by atomic mass is 9.60. The van der Waals surface area contributed by atoms with Gasteiger partial charge in [-0.15, -0.1) is 0 Å². The molecule has 0 bridgehead atoms. The molecule has 352 valence electrons. The van der Waals surface area contributed by atoms with E-state index in [1.54, 1.807) is 5.57 Å². The normalized spacial score (nSPS) is 39.3. The number of carbonyl (C=O) groups is 2. The van der Waals surface area contributed by atoms with Gasteiger partial charge in [-0.1, -0.05) is 51.5 Å². The van der Waals surface area contributed by atoms with Crippen LogP contribution in [-0.2, 0) is 23.7 Å². The molecule has 7 saturated carbocycles. The summed E-state index contributed by atoms with van der Waals surface area (Å²) in [4.78, 5) is 27.7. The first-order valence-electron chi connectivity index (χ1n) is 26.7. The Hall–Kier alpha value is -1.86. The highest BCUT2D eigenvalue weighted by Crippen LogP contribution is 2.49. The Kier molecular flexibility index (Phi) is 17.9. The number of rotatable bonds is 13. The molecular formula is C55H91NO6. The molecule has 0 radical (unpaired) electrons. The lowest BCUT2D eigenvalue weighted by Crippen LogP contribution is -2.52. The summed E-state index contributed by atoms with van der Waals surface area (Å²) in [5.74, 6) is 4.85. The van der Waals surface area contributed by atoms with Gasteiger partial charge >= 0.3 is 12.1 Å². The van der Waals surface area contributed by atoms with Gasteiger partial charge in [0.15, 0.2) is 0 Å². The number of methoxy groups -OCH3 is 1. The molecule has 0 aromatic carbocycles. The molecule has 0 aromatic heterocycles. The zero-order valence-electron chi connectivity index (χ0n) is 40.5. The zero-order chi connectivity index (χ0) is 43.6. The minimum atomic E-state index is -0.448. The molecule has 0 unspecified atom stereocenters. The van der Waals surface area contributed by atoms with Crippen LogP contribution >= 0.6 is 0 Å². The van der Waals surface area contributed by atoms with E-state index in [-0.39, 0.29) is 29.7 Å². The van der Waals surface area contributed by atoms with Gasteiger partial charge in [0.1, 0.15) is 18.3 Å². The highest BCUT2D eigenvalue weighted by molar-refractivity contribution is 5.66. The van der Waals surface area contributed by atoms with Crippen LogP contribution in [0, 0.1) is 46.8 Å². The molecule has 0 aliphatic heterocycles. The fraction of sp³-hybridized carbons (Fsp3) is 0.891. The summed E-state index contributed by atoms with van der Waals surface area (Å²) in [5.41, 5.74) is 1.89. The van der Waals surface area contributed by atoms with E-state index >= 15 is 0 Å². The van der Waals surface area contributed by atoms with Crippen molar-refractivity contribution in [2.24, 2.45) is 46.8 Å². The largest absolute Gasteiger partial charge is 0.508 e. The van der Waals surface area contributed by atoms with Crippen molar-refractivity contribution in [2.45, 2.75) is 257 Å². The summed E-state index contributed by atoms with van der Waals surface area (Å²) in [7, 11) is 1.88. The SMILES string of the molecule is COC1CCC(C(=CC=CC2CCC(N(C3CCC(C)CC3)C3CCC(C)CC3)CC2)C2CCC(OC(=O)OC3CCC(C(C)(C)C4CCC(OC(C)=O)CC4)CC3)CC2)CC1. The van der Waals surface area contributed by atoms with Crippen LogP contribution in [0.15, 0.2) is 23.8 Å². The zero-order valence-corrected chi connectivity index (χ0v) is 40.5. The molecule has 0 spiro atoms. The van der Waals surface area contributed by atoms with Gasteiger partial charge in [0.2, 0.25) is 0 Å². The molecule has 0 amide bonds. The molecule has 7 aliphatic rings. The second-order valence-electron chi connectivity index (χ2n) is 22.9. The molecule has 0 heterocycles. The van der Waals surface area contributed by atoms with E-state index in [4.69, 9.17) is 18.9 Å². The van der Waals surface area contributed by atoms with Crippen molar-refractivity contribution in [3.05, 3.63) is 23.8 Å². The minimum absolute atomic E-state index is 0.0373. The monoisotopic (exact) mass is 862 g/mol. The molecule has 7 rings (SSSR count). The molecule has 0 N–H and O–H groups in total. The van der Waals surface area contributed by atoms with Gasteiger partial charge in [-0.3, -0.25) is 9.69 Å². The summed E-state index contributed by atoms with van der Waals surface area (Å²) >= 11 is 0. The van der Waals surface area contributed by atoms with Crippen molar-refractivity contribution in [1.82, 2.24) is 4.90 Å². The van der Waals surface area contributed by atoms with Crippen LogP contribution in [0.5, 0.6) is 0 Å². The highest BCUT2D eigenvalue weighted by Gasteiger charge is 2.42. The van der Waals surface area contributed by atoms with Gasteiger partial charge in [-0.05, 0) is 227 Å². The van der Waals surface area contributed by atoms with Crippen LogP contribution in [0.25, 0.3) is 0 Å². The fourth-order valence-electron chi connectivity index (χ4n) is 14.4. The van der Waals surface area contributed by atoms with E-state index < -0.39 is 6.16 Å². The van der Waals surface area contributed by atoms with Crippen LogP contribution in [0.3, 0.4) is 0 Å². The predicted molar refractivity (Wildman–Crippen MR) is 251 cm³/mol. The maximum atomic E-state index is 13.2. The lowest BCUT2D eigenvalue weighted by Gasteiger charge is -2.49. The number of hydrogen-bond acceptors (Lipinski definition) is 7. The third-order valence-corrected chi connectivity index (χ3v) is 18.6. The second-order valence-corrected chi connectivity index (χ2v) is 22.9. The van der Waals surface area contributed by atoms with E-state index in [0.29, 0.717) is 35.7 Å². The number of nitrogens with zero attached hydrogens (tertiary/aromatic N) is 1. The van der Waals surface area contributed by atoms with Crippen molar-refractivity contribution in [1.29, 1.82) is 0 Å². The maximum Gasteiger partial charge on any atom is 0.508 e. The first-order valence-corrected chi connectivity index (χ1v) is 26.7. The second kappa shape index (κ2) is 23.0. The highest BCUT2D eigenvalue weighted by atomic mass is 16.7. The van der Waals surface area contributed by atoms with E-state index in [2.05, 4.69) is 50.8 Å². The Labute approximate surface area is 379 Å². The number of carbonyl (C=O) groups excluding carboxylic acids is 2. The lowest BCUT2D eigenvalue weighted by molar-refractivity contribution is -0.148. The average Bonchev–Trinajstić information content (AvgIpc) is 3.28. The fourth-order valence-corrected chi connectivity index (χ4v) is 14.4. The first-order chi connectivity index (χ1) is 29.9. The predicted octanol–water partition coefficient (Wildman–Crippen LogP) is 14.1. The number of allylic oxidation sites excluding steroid dienone is 4. The van der Waals surface area contributed by atoms with Crippen molar-refractivity contribution >= 4 is 12.1 Å². The Morgan fingerprint density at radius 3 is 1.31 bits per heavy atom. The molecule has 7 fully saturated rings. The van der Waals surface area contributed by atoms with Crippen molar-refractivity contribution in [3.8, 4) is 0 Å². The molecule has 0 aromatic rings. The number of ether oxygens (including phenoxy) is 4. The van der Waals surface area contributed by atoms with E-state index in [1.807, 2.05) is 7.11 Å². The van der Waals surface area contributed by atoms with E-state index in [0.717, 1.165) is 120 Å². The quantitative estimate of drug-likeness (QED) is 0.135. The van der Waals surface area contributed by atoms with Crippen molar-refractivity contribution in [2.75, 3.05) is 7.11 Å². The topological polar surface area (TPSA) is 74.3 Å². The first kappa shape index (κ1) is 48.1. The van der Waals surface area contributed by atoms with Gasteiger partial charge in [-0.2, -0.15) is 0 Å². The summed E-state index contributed by atoms with van der Waals surface area (Å²) < 4.78 is 23.3. The van der Waals surface area contributed by atoms with Gasteiger partial charge in [0.05, 0.1) is 6.10 Å². The number of hydrogen-bond donors (Lipinski definition) is 0. The Balaban J connectivity index is 0.869. The number of esters is 1.